The standard InChI is InChI=1S/C13H10O3/c1-8-2-4-10-6-9(7-14)3-5-11(10)12(8)13(15)16/h2-7H,1H3,(H,15,16). The van der Waals surface area contributed by atoms with E-state index in [0.29, 0.717) is 16.5 Å². The highest BCUT2D eigenvalue weighted by Crippen LogP contribution is 2.23. The van der Waals surface area contributed by atoms with Crippen LogP contribution in [0.25, 0.3) is 10.8 Å². The second-order valence-electron chi connectivity index (χ2n) is 3.66. The Morgan fingerprint density at radius 3 is 2.62 bits per heavy atom. The molecule has 0 aliphatic heterocycles. The number of aryl methyl sites for hydroxylation is 1. The van der Waals surface area contributed by atoms with Crippen molar-refractivity contribution in [2.75, 3.05) is 0 Å². The molecule has 0 radical (unpaired) electrons. The molecule has 3 heteroatoms. The van der Waals surface area contributed by atoms with Gasteiger partial charge in [-0.1, -0.05) is 24.3 Å². The van der Waals surface area contributed by atoms with Gasteiger partial charge in [-0.3, -0.25) is 4.79 Å². The van der Waals surface area contributed by atoms with Gasteiger partial charge in [0.1, 0.15) is 6.29 Å². The van der Waals surface area contributed by atoms with Gasteiger partial charge in [0.25, 0.3) is 0 Å². The van der Waals surface area contributed by atoms with Gasteiger partial charge in [-0.2, -0.15) is 0 Å². The van der Waals surface area contributed by atoms with Crippen LogP contribution in [0.1, 0.15) is 26.3 Å². The Bertz CT molecular complexity index is 585. The second-order valence-corrected chi connectivity index (χ2v) is 3.66. The maximum absolute atomic E-state index is 11.1. The van der Waals surface area contributed by atoms with Gasteiger partial charge in [0.05, 0.1) is 5.56 Å². The average Bonchev–Trinajstić information content (AvgIpc) is 2.27. The Kier molecular flexibility index (Phi) is 2.44. The van der Waals surface area contributed by atoms with Crippen LogP contribution in [-0.2, 0) is 0 Å². The zero-order valence-electron chi connectivity index (χ0n) is 8.73. The summed E-state index contributed by atoms with van der Waals surface area (Å²) in [6.45, 7) is 1.76. The molecule has 0 fully saturated rings. The Balaban J connectivity index is 2.84. The van der Waals surface area contributed by atoms with E-state index < -0.39 is 5.97 Å². The van der Waals surface area contributed by atoms with Crippen LogP contribution in [0.3, 0.4) is 0 Å². The fourth-order valence-corrected chi connectivity index (χ4v) is 1.81. The van der Waals surface area contributed by atoms with Crippen molar-refractivity contribution in [2.45, 2.75) is 6.92 Å². The Morgan fingerprint density at radius 2 is 2.00 bits per heavy atom. The number of carbonyl (C=O) groups is 2. The number of fused-ring (bicyclic) bond motifs is 1. The van der Waals surface area contributed by atoms with Crippen LogP contribution in [0, 0.1) is 6.92 Å². The van der Waals surface area contributed by atoms with Crippen LogP contribution in [0.2, 0.25) is 0 Å². The van der Waals surface area contributed by atoms with Crippen molar-refractivity contribution >= 4 is 23.0 Å². The minimum atomic E-state index is -0.943. The first-order chi connectivity index (χ1) is 7.63. The number of aldehydes is 1. The van der Waals surface area contributed by atoms with E-state index in [9.17, 15) is 9.59 Å². The maximum atomic E-state index is 11.1. The summed E-state index contributed by atoms with van der Waals surface area (Å²) in [6.07, 6.45) is 0.750. The van der Waals surface area contributed by atoms with E-state index in [2.05, 4.69) is 0 Å². The number of hydrogen-bond donors (Lipinski definition) is 1. The molecule has 0 aromatic heterocycles. The molecule has 0 heterocycles. The summed E-state index contributed by atoms with van der Waals surface area (Å²) in [7, 11) is 0. The molecule has 2 rings (SSSR count). The van der Waals surface area contributed by atoms with Gasteiger partial charge in [-0.05, 0) is 29.3 Å². The summed E-state index contributed by atoms with van der Waals surface area (Å²) in [5.74, 6) is -0.943. The molecule has 0 saturated carbocycles. The van der Waals surface area contributed by atoms with E-state index in [4.69, 9.17) is 5.11 Å². The van der Waals surface area contributed by atoms with E-state index in [0.717, 1.165) is 17.2 Å². The fraction of sp³-hybridized carbons (Fsp3) is 0.0769. The summed E-state index contributed by atoms with van der Waals surface area (Å²) in [4.78, 5) is 21.7. The first-order valence-corrected chi connectivity index (χ1v) is 4.85. The van der Waals surface area contributed by atoms with E-state index >= 15 is 0 Å². The summed E-state index contributed by atoms with van der Waals surface area (Å²) in [5.41, 5.74) is 1.57. The predicted octanol–water partition coefficient (Wildman–Crippen LogP) is 2.66. The van der Waals surface area contributed by atoms with Crippen molar-refractivity contribution < 1.29 is 14.7 Å². The first-order valence-electron chi connectivity index (χ1n) is 4.85. The molecule has 0 atom stereocenters. The molecular weight excluding hydrogens is 204 g/mol. The van der Waals surface area contributed by atoms with E-state index in [1.54, 1.807) is 31.2 Å². The summed E-state index contributed by atoms with van der Waals surface area (Å²) >= 11 is 0. The highest BCUT2D eigenvalue weighted by molar-refractivity contribution is 6.05. The SMILES string of the molecule is Cc1ccc2cc(C=O)ccc2c1C(=O)O. The molecule has 1 N–H and O–H groups in total. The Hall–Kier alpha value is -2.16. The molecule has 0 aliphatic carbocycles. The van der Waals surface area contributed by atoms with Crippen LogP contribution in [0.4, 0.5) is 0 Å². The number of rotatable bonds is 2. The van der Waals surface area contributed by atoms with Gasteiger partial charge in [0.2, 0.25) is 0 Å². The lowest BCUT2D eigenvalue weighted by Gasteiger charge is -2.06. The van der Waals surface area contributed by atoms with Crippen LogP contribution >= 0.6 is 0 Å². The Morgan fingerprint density at radius 1 is 1.25 bits per heavy atom. The lowest BCUT2D eigenvalue weighted by atomic mass is 9.98. The molecule has 0 bridgehead atoms. The van der Waals surface area contributed by atoms with Gasteiger partial charge in [-0.25, -0.2) is 4.79 Å². The van der Waals surface area contributed by atoms with Crippen molar-refractivity contribution in [3.63, 3.8) is 0 Å². The van der Waals surface area contributed by atoms with E-state index in [-0.39, 0.29) is 0 Å². The van der Waals surface area contributed by atoms with Gasteiger partial charge in [0.15, 0.2) is 0 Å². The molecule has 0 amide bonds. The summed E-state index contributed by atoms with van der Waals surface area (Å²) < 4.78 is 0. The van der Waals surface area contributed by atoms with Crippen molar-refractivity contribution in [1.82, 2.24) is 0 Å². The molecule has 3 nitrogen and oxygen atoms in total. The van der Waals surface area contributed by atoms with Crippen molar-refractivity contribution in [3.05, 3.63) is 47.0 Å². The average molecular weight is 214 g/mol. The molecule has 0 saturated heterocycles. The largest absolute Gasteiger partial charge is 0.478 e. The van der Waals surface area contributed by atoms with E-state index in [1.807, 2.05) is 6.07 Å². The van der Waals surface area contributed by atoms with Gasteiger partial charge >= 0.3 is 5.97 Å². The number of carbonyl (C=O) groups excluding carboxylic acids is 1. The lowest BCUT2D eigenvalue weighted by molar-refractivity contribution is 0.0698. The monoisotopic (exact) mass is 214 g/mol. The highest BCUT2D eigenvalue weighted by Gasteiger charge is 2.11. The molecule has 2 aromatic carbocycles. The number of hydrogen-bond acceptors (Lipinski definition) is 2. The predicted molar refractivity (Wildman–Crippen MR) is 61.0 cm³/mol. The molecule has 0 aliphatic rings. The zero-order valence-corrected chi connectivity index (χ0v) is 8.73. The summed E-state index contributed by atoms with van der Waals surface area (Å²) in [5, 5.41) is 10.6. The third-order valence-electron chi connectivity index (χ3n) is 2.60. The van der Waals surface area contributed by atoms with Gasteiger partial charge < -0.3 is 5.11 Å². The van der Waals surface area contributed by atoms with Crippen LogP contribution in [-0.4, -0.2) is 17.4 Å². The third kappa shape index (κ3) is 1.56. The minimum absolute atomic E-state index is 0.301. The van der Waals surface area contributed by atoms with Crippen molar-refractivity contribution in [1.29, 1.82) is 0 Å². The van der Waals surface area contributed by atoms with Gasteiger partial charge in [-0.15, -0.1) is 0 Å². The third-order valence-corrected chi connectivity index (χ3v) is 2.60. The van der Waals surface area contributed by atoms with E-state index in [1.165, 1.54) is 0 Å². The van der Waals surface area contributed by atoms with Crippen molar-refractivity contribution in [2.24, 2.45) is 0 Å². The van der Waals surface area contributed by atoms with Gasteiger partial charge in [0, 0.05) is 5.56 Å². The smallest absolute Gasteiger partial charge is 0.336 e. The van der Waals surface area contributed by atoms with Crippen LogP contribution < -0.4 is 0 Å². The number of carboxylic acid groups (broad SMARTS) is 1. The maximum Gasteiger partial charge on any atom is 0.336 e. The van der Waals surface area contributed by atoms with Crippen molar-refractivity contribution in [3.8, 4) is 0 Å². The van der Waals surface area contributed by atoms with Crippen LogP contribution in [0.5, 0.6) is 0 Å². The molecule has 16 heavy (non-hydrogen) atoms. The molecular formula is C13H10O3. The molecule has 2 aromatic rings. The van der Waals surface area contributed by atoms with Crippen LogP contribution in [0.15, 0.2) is 30.3 Å². The second kappa shape index (κ2) is 3.77. The summed E-state index contributed by atoms with van der Waals surface area (Å²) in [6, 6.07) is 8.56. The number of benzene rings is 2. The lowest BCUT2D eigenvalue weighted by Crippen LogP contribution is -2.01. The first kappa shape index (κ1) is 10.4. The Labute approximate surface area is 92.3 Å². The minimum Gasteiger partial charge on any atom is -0.478 e. The number of aromatic carboxylic acids is 1. The normalized spacial score (nSPS) is 10.3. The zero-order chi connectivity index (χ0) is 11.7. The fourth-order valence-electron chi connectivity index (χ4n) is 1.81. The molecule has 0 unspecified atom stereocenters. The highest BCUT2D eigenvalue weighted by atomic mass is 16.4. The molecule has 0 spiro atoms. The topological polar surface area (TPSA) is 54.4 Å². The number of carboxylic acids is 1. The quantitative estimate of drug-likeness (QED) is 0.782. The molecule has 80 valence electrons.